The Kier molecular flexibility index (Phi) is 5.46. The molecule has 0 aromatic heterocycles. The van der Waals surface area contributed by atoms with Crippen LogP contribution in [0.25, 0.3) is 0 Å². The predicted octanol–water partition coefficient (Wildman–Crippen LogP) is 3.65. The van der Waals surface area contributed by atoms with Gasteiger partial charge in [0.05, 0.1) is 11.6 Å². The summed E-state index contributed by atoms with van der Waals surface area (Å²) in [5.74, 6) is -0.743. The number of hydrogen-bond donors (Lipinski definition) is 3. The maximum atomic E-state index is 12.8. The molecular weight excluding hydrogens is 359 g/mol. The van der Waals surface area contributed by atoms with Gasteiger partial charge in [-0.05, 0) is 55.8 Å². The van der Waals surface area contributed by atoms with Gasteiger partial charge in [-0.1, -0.05) is 12.1 Å². The molecule has 0 saturated carbocycles. The molecule has 27 heavy (non-hydrogen) atoms. The molecular formula is C19H18F3N3O2. The van der Waals surface area contributed by atoms with Gasteiger partial charge in [0, 0.05) is 16.9 Å². The van der Waals surface area contributed by atoms with Crippen molar-refractivity contribution < 1.29 is 22.8 Å². The minimum absolute atomic E-state index is 0.0411. The van der Waals surface area contributed by atoms with Gasteiger partial charge in [0.2, 0.25) is 5.91 Å². The lowest BCUT2D eigenvalue weighted by molar-refractivity contribution is -0.137. The normalized spacial score (nSPS) is 16.8. The van der Waals surface area contributed by atoms with Gasteiger partial charge in [0.1, 0.15) is 0 Å². The minimum Gasteiger partial charge on any atom is -0.325 e. The second kappa shape index (κ2) is 7.79. The summed E-state index contributed by atoms with van der Waals surface area (Å²) in [7, 11) is 0. The van der Waals surface area contributed by atoms with E-state index in [9.17, 15) is 22.8 Å². The highest BCUT2D eigenvalue weighted by molar-refractivity contribution is 6.05. The smallest absolute Gasteiger partial charge is 0.325 e. The largest absolute Gasteiger partial charge is 0.416 e. The SMILES string of the molecule is O=C(Nc1cccc(C(F)(F)F)c1)c1cccc(NC(=O)C2CCCN2)c1. The van der Waals surface area contributed by atoms with E-state index in [1.54, 1.807) is 12.1 Å². The van der Waals surface area contributed by atoms with E-state index in [2.05, 4.69) is 16.0 Å². The molecule has 5 nitrogen and oxygen atoms in total. The average molecular weight is 377 g/mol. The van der Waals surface area contributed by atoms with E-state index in [0.29, 0.717) is 5.69 Å². The minimum atomic E-state index is -4.49. The third kappa shape index (κ3) is 4.85. The molecule has 142 valence electrons. The van der Waals surface area contributed by atoms with Crippen molar-refractivity contribution in [3.8, 4) is 0 Å². The molecule has 0 bridgehead atoms. The van der Waals surface area contributed by atoms with E-state index in [1.165, 1.54) is 24.3 Å². The van der Waals surface area contributed by atoms with Gasteiger partial charge in [-0.15, -0.1) is 0 Å². The van der Waals surface area contributed by atoms with Crippen molar-refractivity contribution in [2.24, 2.45) is 0 Å². The molecule has 0 radical (unpaired) electrons. The van der Waals surface area contributed by atoms with E-state index in [0.717, 1.165) is 31.5 Å². The van der Waals surface area contributed by atoms with Crippen LogP contribution in [-0.2, 0) is 11.0 Å². The number of benzene rings is 2. The van der Waals surface area contributed by atoms with E-state index in [4.69, 9.17) is 0 Å². The third-order valence-electron chi connectivity index (χ3n) is 4.22. The van der Waals surface area contributed by atoms with Crippen LogP contribution in [0.5, 0.6) is 0 Å². The Balaban J connectivity index is 1.69. The number of nitrogens with one attached hydrogen (secondary N) is 3. The molecule has 8 heteroatoms. The molecule has 2 aromatic carbocycles. The zero-order chi connectivity index (χ0) is 19.4. The van der Waals surface area contributed by atoms with Crippen molar-refractivity contribution in [2.75, 3.05) is 17.2 Å². The average Bonchev–Trinajstić information content (AvgIpc) is 3.16. The highest BCUT2D eigenvalue weighted by Gasteiger charge is 2.30. The van der Waals surface area contributed by atoms with Gasteiger partial charge in [0.25, 0.3) is 5.91 Å². The number of halogens is 3. The topological polar surface area (TPSA) is 70.2 Å². The summed E-state index contributed by atoms with van der Waals surface area (Å²) in [6.07, 6.45) is -2.81. The van der Waals surface area contributed by atoms with E-state index in [-0.39, 0.29) is 23.2 Å². The standard InChI is InChI=1S/C19H18F3N3O2/c20-19(21,22)13-5-2-7-15(11-13)24-17(26)12-4-1-6-14(10-12)25-18(27)16-8-3-9-23-16/h1-2,4-7,10-11,16,23H,3,8-9H2,(H,24,26)(H,25,27). The van der Waals surface area contributed by atoms with Crippen LogP contribution in [0.1, 0.15) is 28.8 Å². The van der Waals surface area contributed by atoms with Crippen molar-refractivity contribution in [3.05, 3.63) is 59.7 Å². The number of anilines is 2. The van der Waals surface area contributed by atoms with Crippen molar-refractivity contribution in [1.29, 1.82) is 0 Å². The van der Waals surface area contributed by atoms with Crippen molar-refractivity contribution in [2.45, 2.75) is 25.1 Å². The lowest BCUT2D eigenvalue weighted by atomic mass is 10.1. The Hall–Kier alpha value is -2.87. The van der Waals surface area contributed by atoms with Crippen LogP contribution < -0.4 is 16.0 Å². The third-order valence-corrected chi connectivity index (χ3v) is 4.22. The Labute approximate surface area is 154 Å². The van der Waals surface area contributed by atoms with Crippen LogP contribution in [0.15, 0.2) is 48.5 Å². The van der Waals surface area contributed by atoms with Crippen molar-refractivity contribution in [3.63, 3.8) is 0 Å². The zero-order valence-corrected chi connectivity index (χ0v) is 14.3. The summed E-state index contributed by atoms with van der Waals surface area (Å²) in [5, 5.41) is 8.27. The highest BCUT2D eigenvalue weighted by Crippen LogP contribution is 2.30. The van der Waals surface area contributed by atoms with Crippen LogP contribution in [-0.4, -0.2) is 24.4 Å². The maximum Gasteiger partial charge on any atom is 0.416 e. The molecule has 1 saturated heterocycles. The molecule has 1 aliphatic rings. The molecule has 0 spiro atoms. The number of rotatable bonds is 4. The molecule has 1 unspecified atom stereocenters. The number of alkyl halides is 3. The van der Waals surface area contributed by atoms with E-state index < -0.39 is 17.6 Å². The molecule has 3 N–H and O–H groups in total. The first-order valence-corrected chi connectivity index (χ1v) is 8.46. The summed E-state index contributed by atoms with van der Waals surface area (Å²) in [5.41, 5.74) is -0.125. The first-order chi connectivity index (χ1) is 12.8. The van der Waals surface area contributed by atoms with Crippen LogP contribution >= 0.6 is 0 Å². The number of hydrogen-bond acceptors (Lipinski definition) is 3. The summed E-state index contributed by atoms with van der Waals surface area (Å²) in [4.78, 5) is 24.5. The van der Waals surface area contributed by atoms with Crippen LogP contribution in [0.3, 0.4) is 0 Å². The van der Waals surface area contributed by atoms with Crippen molar-refractivity contribution in [1.82, 2.24) is 5.32 Å². The molecule has 2 aromatic rings. The molecule has 1 aliphatic heterocycles. The zero-order valence-electron chi connectivity index (χ0n) is 14.3. The highest BCUT2D eigenvalue weighted by atomic mass is 19.4. The Morgan fingerprint density at radius 2 is 1.70 bits per heavy atom. The van der Waals surface area contributed by atoms with Crippen LogP contribution in [0.2, 0.25) is 0 Å². The second-order valence-corrected chi connectivity index (χ2v) is 6.25. The Morgan fingerprint density at radius 1 is 1.00 bits per heavy atom. The van der Waals surface area contributed by atoms with Gasteiger partial charge in [-0.2, -0.15) is 13.2 Å². The summed E-state index contributed by atoms with van der Waals surface area (Å²) >= 11 is 0. The fourth-order valence-electron chi connectivity index (χ4n) is 2.85. The Bertz CT molecular complexity index is 846. The van der Waals surface area contributed by atoms with Crippen molar-refractivity contribution >= 4 is 23.2 Å². The van der Waals surface area contributed by atoms with Gasteiger partial charge in [-0.25, -0.2) is 0 Å². The maximum absolute atomic E-state index is 12.8. The summed E-state index contributed by atoms with van der Waals surface area (Å²) in [6.45, 7) is 0.789. The van der Waals surface area contributed by atoms with Crippen LogP contribution in [0, 0.1) is 0 Å². The predicted molar refractivity (Wildman–Crippen MR) is 95.5 cm³/mol. The summed E-state index contributed by atoms with van der Waals surface area (Å²) < 4.78 is 38.3. The fraction of sp³-hybridized carbons (Fsp3) is 0.263. The summed E-state index contributed by atoms with van der Waals surface area (Å²) in [6, 6.07) is 10.4. The lowest BCUT2D eigenvalue weighted by Gasteiger charge is -2.12. The number of carbonyl (C=O) groups is 2. The number of carbonyl (C=O) groups excluding carboxylic acids is 2. The second-order valence-electron chi connectivity index (χ2n) is 6.25. The lowest BCUT2D eigenvalue weighted by Crippen LogP contribution is -2.35. The fourth-order valence-corrected chi connectivity index (χ4v) is 2.85. The molecule has 3 rings (SSSR count). The van der Waals surface area contributed by atoms with Crippen LogP contribution in [0.4, 0.5) is 24.5 Å². The molecule has 1 fully saturated rings. The monoisotopic (exact) mass is 377 g/mol. The Morgan fingerprint density at radius 3 is 2.37 bits per heavy atom. The molecule has 2 amide bonds. The van der Waals surface area contributed by atoms with E-state index in [1.807, 2.05) is 0 Å². The van der Waals surface area contributed by atoms with Gasteiger partial charge in [0.15, 0.2) is 0 Å². The molecule has 1 atom stereocenters. The van der Waals surface area contributed by atoms with Gasteiger partial charge < -0.3 is 16.0 Å². The molecule has 0 aliphatic carbocycles. The quantitative estimate of drug-likeness (QED) is 0.762. The first-order valence-electron chi connectivity index (χ1n) is 8.46. The van der Waals surface area contributed by atoms with Gasteiger partial charge >= 0.3 is 6.18 Å². The van der Waals surface area contributed by atoms with Gasteiger partial charge in [-0.3, -0.25) is 9.59 Å². The first kappa shape index (κ1) is 18.9. The molecule has 1 heterocycles. The number of amides is 2. The van der Waals surface area contributed by atoms with E-state index >= 15 is 0 Å².